The smallest absolute Gasteiger partial charge is 0.319 e. The van der Waals surface area contributed by atoms with Gasteiger partial charge in [0.1, 0.15) is 23.9 Å². The van der Waals surface area contributed by atoms with Crippen molar-refractivity contribution >= 4 is 40.1 Å². The van der Waals surface area contributed by atoms with Gasteiger partial charge in [0.25, 0.3) is 5.91 Å². The number of nitrogens with one attached hydrogen (secondary N) is 3. The third-order valence-corrected chi connectivity index (χ3v) is 5.29. The Kier molecular flexibility index (Phi) is 6.79. The lowest BCUT2D eigenvalue weighted by atomic mass is 10.1. The molecule has 0 bridgehead atoms. The van der Waals surface area contributed by atoms with Crippen LogP contribution < -0.4 is 25.4 Å². The molecule has 172 valence electrons. The molecular weight excluding hydrogens is 451 g/mol. The van der Waals surface area contributed by atoms with Crippen molar-refractivity contribution in [1.29, 1.82) is 0 Å². The number of nitrogens with zero attached hydrogens (tertiary/aromatic N) is 1. The molecule has 0 atom stereocenters. The van der Waals surface area contributed by atoms with Gasteiger partial charge in [0.15, 0.2) is 0 Å². The van der Waals surface area contributed by atoms with Crippen molar-refractivity contribution in [1.82, 2.24) is 15.6 Å². The normalized spacial score (nSPS) is 12.8. The molecule has 3 N–H and O–H groups in total. The van der Waals surface area contributed by atoms with Crippen molar-refractivity contribution < 1.29 is 23.5 Å². The average molecular weight is 473 g/mol. The van der Waals surface area contributed by atoms with Gasteiger partial charge in [0.2, 0.25) is 0 Å². The van der Waals surface area contributed by atoms with E-state index in [0.717, 1.165) is 12.8 Å². The number of benzene rings is 2. The number of pyridine rings is 1. The van der Waals surface area contributed by atoms with Crippen LogP contribution in [0.15, 0.2) is 42.6 Å². The first kappa shape index (κ1) is 22.6. The van der Waals surface area contributed by atoms with Crippen molar-refractivity contribution in [2.45, 2.75) is 18.9 Å². The number of hydrogen-bond acceptors (Lipinski definition) is 5. The summed E-state index contributed by atoms with van der Waals surface area (Å²) in [6.07, 6.45) is 3.54. The van der Waals surface area contributed by atoms with Gasteiger partial charge in [0, 0.05) is 36.3 Å². The van der Waals surface area contributed by atoms with Crippen LogP contribution in [0.3, 0.4) is 0 Å². The number of carbonyl (C=O) groups excluding carboxylic acids is 2. The number of methoxy groups -OCH3 is 1. The number of alkyl halides is 1. The van der Waals surface area contributed by atoms with Crippen LogP contribution in [0, 0.1) is 0 Å². The van der Waals surface area contributed by atoms with Crippen molar-refractivity contribution in [3.8, 4) is 17.2 Å². The number of anilines is 1. The molecule has 8 nitrogen and oxygen atoms in total. The topological polar surface area (TPSA) is 102 Å². The molecule has 0 saturated heterocycles. The Morgan fingerprint density at radius 3 is 2.70 bits per heavy atom. The third kappa shape index (κ3) is 5.43. The molecule has 1 heterocycles. The van der Waals surface area contributed by atoms with E-state index in [9.17, 15) is 14.0 Å². The van der Waals surface area contributed by atoms with E-state index in [1.807, 2.05) is 0 Å². The highest BCUT2D eigenvalue weighted by atomic mass is 35.5. The van der Waals surface area contributed by atoms with Gasteiger partial charge in [-0.25, -0.2) is 9.18 Å². The van der Waals surface area contributed by atoms with Gasteiger partial charge in [0.05, 0.1) is 28.9 Å². The molecule has 1 aliphatic rings. The Hall–Kier alpha value is -3.59. The van der Waals surface area contributed by atoms with E-state index in [0.29, 0.717) is 38.9 Å². The highest BCUT2D eigenvalue weighted by molar-refractivity contribution is 6.33. The van der Waals surface area contributed by atoms with Gasteiger partial charge in [-0.1, -0.05) is 11.6 Å². The monoisotopic (exact) mass is 472 g/mol. The molecule has 3 amide bonds. The Labute approximate surface area is 194 Å². The number of aromatic nitrogens is 1. The van der Waals surface area contributed by atoms with Crippen molar-refractivity contribution in [2.24, 2.45) is 0 Å². The fourth-order valence-corrected chi connectivity index (χ4v) is 3.42. The van der Waals surface area contributed by atoms with Gasteiger partial charge >= 0.3 is 6.03 Å². The molecule has 1 aromatic heterocycles. The largest absolute Gasteiger partial charge is 0.496 e. The fourth-order valence-electron chi connectivity index (χ4n) is 3.20. The lowest BCUT2D eigenvalue weighted by Gasteiger charge is -2.14. The standard InChI is InChI=1S/C23H22ClFN4O4/c1-32-21-12-19-15(11-16(21)22(30)27-9-7-25)20(6-8-26-19)33-14-4-5-18(17(24)10-14)29-23(31)28-13-2-3-13/h4-6,8,10-13H,2-3,7,9H2,1H3,(H,27,30)(H2,28,29,31). The first-order chi connectivity index (χ1) is 16.0. The number of amides is 3. The van der Waals surface area contributed by atoms with Crippen LogP contribution >= 0.6 is 11.6 Å². The maximum absolute atomic E-state index is 12.5. The molecule has 10 heteroatoms. The second-order valence-electron chi connectivity index (χ2n) is 7.44. The van der Waals surface area contributed by atoms with Crippen molar-refractivity contribution in [3.63, 3.8) is 0 Å². The van der Waals surface area contributed by atoms with Crippen LogP contribution in [-0.4, -0.2) is 43.3 Å². The number of halogens is 2. The summed E-state index contributed by atoms with van der Waals surface area (Å²) < 4.78 is 23.8. The van der Waals surface area contributed by atoms with E-state index in [2.05, 4.69) is 20.9 Å². The molecule has 1 aliphatic carbocycles. The van der Waals surface area contributed by atoms with E-state index >= 15 is 0 Å². The molecular formula is C23H22ClFN4O4. The number of carbonyl (C=O) groups is 2. The van der Waals surface area contributed by atoms with Gasteiger partial charge in [-0.3, -0.25) is 9.78 Å². The molecule has 4 rings (SSSR count). The summed E-state index contributed by atoms with van der Waals surface area (Å²) in [6, 6.07) is 9.68. The molecule has 0 unspecified atom stereocenters. The molecule has 1 saturated carbocycles. The Morgan fingerprint density at radius 2 is 2.00 bits per heavy atom. The fraction of sp³-hybridized carbons (Fsp3) is 0.261. The van der Waals surface area contributed by atoms with Gasteiger partial charge in [-0.15, -0.1) is 0 Å². The van der Waals surface area contributed by atoms with Gasteiger partial charge in [-0.2, -0.15) is 0 Å². The number of ether oxygens (including phenoxy) is 2. The van der Waals surface area contributed by atoms with Crippen LogP contribution in [-0.2, 0) is 0 Å². The second kappa shape index (κ2) is 9.91. The molecule has 3 aromatic rings. The van der Waals surface area contributed by atoms with Crippen LogP contribution in [0.2, 0.25) is 5.02 Å². The molecule has 0 spiro atoms. The predicted octanol–water partition coefficient (Wildman–Crippen LogP) is 4.67. The van der Waals surface area contributed by atoms with E-state index in [1.165, 1.54) is 7.11 Å². The predicted molar refractivity (Wildman–Crippen MR) is 123 cm³/mol. The number of urea groups is 1. The number of fused-ring (bicyclic) bond motifs is 1. The van der Waals surface area contributed by atoms with Crippen molar-refractivity contribution in [2.75, 3.05) is 25.6 Å². The quantitative estimate of drug-likeness (QED) is 0.442. The van der Waals surface area contributed by atoms with Crippen LogP contribution in [0.25, 0.3) is 10.9 Å². The van der Waals surface area contributed by atoms with Gasteiger partial charge < -0.3 is 25.4 Å². The minimum absolute atomic E-state index is 0.103. The number of rotatable bonds is 8. The minimum atomic E-state index is -0.675. The first-order valence-electron chi connectivity index (χ1n) is 10.3. The highest BCUT2D eigenvalue weighted by Gasteiger charge is 2.23. The van der Waals surface area contributed by atoms with Gasteiger partial charge in [-0.05, 0) is 37.1 Å². The van der Waals surface area contributed by atoms with Crippen LogP contribution in [0.4, 0.5) is 14.9 Å². The zero-order valence-electron chi connectivity index (χ0n) is 17.8. The van der Waals surface area contributed by atoms with Crippen LogP contribution in [0.5, 0.6) is 17.2 Å². The summed E-state index contributed by atoms with van der Waals surface area (Å²) >= 11 is 6.33. The zero-order chi connectivity index (χ0) is 23.4. The summed E-state index contributed by atoms with van der Waals surface area (Å²) in [5.74, 6) is 0.709. The Morgan fingerprint density at radius 1 is 1.18 bits per heavy atom. The van der Waals surface area contributed by atoms with Crippen LogP contribution in [0.1, 0.15) is 23.2 Å². The second-order valence-corrected chi connectivity index (χ2v) is 7.85. The van der Waals surface area contributed by atoms with E-state index in [4.69, 9.17) is 21.1 Å². The first-order valence-corrected chi connectivity index (χ1v) is 10.7. The summed E-state index contributed by atoms with van der Waals surface area (Å²) in [6.45, 7) is -0.778. The molecule has 1 fully saturated rings. The summed E-state index contributed by atoms with van der Waals surface area (Å²) in [4.78, 5) is 28.7. The molecule has 2 aromatic carbocycles. The highest BCUT2D eigenvalue weighted by Crippen LogP contribution is 2.35. The maximum Gasteiger partial charge on any atom is 0.319 e. The molecule has 0 aliphatic heterocycles. The van der Waals surface area contributed by atoms with Crippen molar-refractivity contribution in [3.05, 3.63) is 53.2 Å². The third-order valence-electron chi connectivity index (χ3n) is 4.98. The van der Waals surface area contributed by atoms with E-state index < -0.39 is 12.6 Å². The molecule has 0 radical (unpaired) electrons. The Balaban J connectivity index is 1.59. The average Bonchev–Trinajstić information content (AvgIpc) is 3.62. The lowest BCUT2D eigenvalue weighted by Crippen LogP contribution is -2.30. The molecule has 33 heavy (non-hydrogen) atoms. The summed E-state index contributed by atoms with van der Waals surface area (Å²) in [5, 5.41) is 8.91. The summed E-state index contributed by atoms with van der Waals surface area (Å²) in [5.41, 5.74) is 1.24. The lowest BCUT2D eigenvalue weighted by molar-refractivity contribution is 0.0948. The zero-order valence-corrected chi connectivity index (χ0v) is 18.5. The van der Waals surface area contributed by atoms with E-state index in [-0.39, 0.29) is 24.2 Å². The van der Waals surface area contributed by atoms with E-state index in [1.54, 1.807) is 42.6 Å². The minimum Gasteiger partial charge on any atom is -0.496 e. The summed E-state index contributed by atoms with van der Waals surface area (Å²) in [7, 11) is 1.44. The SMILES string of the molecule is COc1cc2nccc(Oc3ccc(NC(=O)NC4CC4)c(Cl)c3)c2cc1C(=O)NCCF. The number of hydrogen-bond donors (Lipinski definition) is 3. The Bertz CT molecular complexity index is 1200. The maximum atomic E-state index is 12.5.